The van der Waals surface area contributed by atoms with Gasteiger partial charge in [0.15, 0.2) is 5.65 Å². The zero-order chi connectivity index (χ0) is 11.0. The Bertz CT molecular complexity index is 635. The molecule has 0 saturated carbocycles. The number of aromatic nitrogens is 6. The molecule has 0 aliphatic carbocycles. The molecule has 0 saturated heterocycles. The number of hydrogen-bond donors (Lipinski definition) is 0. The Morgan fingerprint density at radius 1 is 1.06 bits per heavy atom. The predicted molar refractivity (Wildman–Crippen MR) is 57.3 cm³/mol. The maximum atomic E-state index is 5.91. The van der Waals surface area contributed by atoms with E-state index < -0.39 is 0 Å². The lowest BCUT2D eigenvalue weighted by Crippen LogP contribution is -2.02. The Hall–Kier alpha value is -2.08. The molecule has 0 aliphatic rings. The molecule has 7 heteroatoms. The molecule has 0 bridgehead atoms. The zero-order valence-electron chi connectivity index (χ0n) is 7.95. The average molecular weight is 233 g/mol. The molecule has 0 atom stereocenters. The molecule has 0 unspecified atom stereocenters. The quantitative estimate of drug-likeness (QED) is 0.591. The molecule has 3 aromatic heterocycles. The highest BCUT2D eigenvalue weighted by Crippen LogP contribution is 2.19. The first-order valence-electron chi connectivity index (χ1n) is 4.48. The lowest BCUT2D eigenvalue weighted by molar-refractivity contribution is 0.822. The van der Waals surface area contributed by atoms with Gasteiger partial charge in [-0.3, -0.25) is 0 Å². The van der Waals surface area contributed by atoms with Gasteiger partial charge in [0.2, 0.25) is 0 Å². The lowest BCUT2D eigenvalue weighted by Gasteiger charge is -1.98. The highest BCUT2D eigenvalue weighted by Gasteiger charge is 2.10. The number of nitrogens with zero attached hydrogens (tertiary/aromatic N) is 6. The van der Waals surface area contributed by atoms with Crippen LogP contribution in [0.25, 0.3) is 17.0 Å². The summed E-state index contributed by atoms with van der Waals surface area (Å²) in [4.78, 5) is 16.2. The predicted octanol–water partition coefficient (Wildman–Crippen LogP) is 1.26. The second-order valence-corrected chi connectivity index (χ2v) is 3.36. The van der Waals surface area contributed by atoms with Crippen LogP contribution >= 0.6 is 11.6 Å². The van der Waals surface area contributed by atoms with E-state index in [4.69, 9.17) is 11.6 Å². The van der Waals surface area contributed by atoms with Gasteiger partial charge in [-0.25, -0.2) is 19.9 Å². The van der Waals surface area contributed by atoms with Crippen LogP contribution in [0.4, 0.5) is 0 Å². The molecule has 0 aliphatic heterocycles. The van der Waals surface area contributed by atoms with Crippen LogP contribution in [0.3, 0.4) is 0 Å². The second-order valence-electron chi connectivity index (χ2n) is 3.01. The van der Waals surface area contributed by atoms with Gasteiger partial charge < -0.3 is 0 Å². The molecular weight excluding hydrogens is 228 g/mol. The Morgan fingerprint density at radius 3 is 2.69 bits per heavy atom. The number of halogens is 1. The van der Waals surface area contributed by atoms with E-state index in [1.165, 1.54) is 11.0 Å². The van der Waals surface area contributed by atoms with E-state index in [1.807, 2.05) is 0 Å². The van der Waals surface area contributed by atoms with Crippen molar-refractivity contribution in [3.8, 4) is 5.95 Å². The maximum absolute atomic E-state index is 5.91. The van der Waals surface area contributed by atoms with Crippen molar-refractivity contribution in [2.75, 3.05) is 0 Å². The molecule has 78 valence electrons. The van der Waals surface area contributed by atoms with E-state index in [-0.39, 0.29) is 0 Å². The Balaban J connectivity index is 2.30. The van der Waals surface area contributed by atoms with Crippen LogP contribution in [0.15, 0.2) is 31.0 Å². The summed E-state index contributed by atoms with van der Waals surface area (Å²) in [6.07, 6.45) is 6.25. The third-order valence-corrected chi connectivity index (χ3v) is 2.36. The topological polar surface area (TPSA) is 69.4 Å². The van der Waals surface area contributed by atoms with E-state index >= 15 is 0 Å². The Morgan fingerprint density at radius 2 is 1.88 bits per heavy atom. The van der Waals surface area contributed by atoms with Gasteiger partial charge in [0.05, 0.1) is 11.6 Å². The van der Waals surface area contributed by atoms with Crippen molar-refractivity contribution in [2.24, 2.45) is 0 Å². The van der Waals surface area contributed by atoms with E-state index in [1.54, 1.807) is 24.7 Å². The lowest BCUT2D eigenvalue weighted by atomic mass is 10.4. The molecular formula is C9H5ClN6. The van der Waals surface area contributed by atoms with E-state index in [9.17, 15) is 0 Å². The summed E-state index contributed by atoms with van der Waals surface area (Å²) in [5.74, 6) is 0.451. The normalized spacial score (nSPS) is 10.8. The minimum absolute atomic E-state index is 0.368. The molecule has 0 radical (unpaired) electrons. The van der Waals surface area contributed by atoms with Crippen LogP contribution in [-0.4, -0.2) is 29.7 Å². The fourth-order valence-corrected chi connectivity index (χ4v) is 1.54. The third kappa shape index (κ3) is 1.31. The summed E-state index contributed by atoms with van der Waals surface area (Å²) in [7, 11) is 0. The molecule has 3 heterocycles. The summed E-state index contributed by atoms with van der Waals surface area (Å²) >= 11 is 5.91. The van der Waals surface area contributed by atoms with Crippen molar-refractivity contribution in [1.29, 1.82) is 0 Å². The Kier molecular flexibility index (Phi) is 2.00. The number of fused-ring (bicyclic) bond motifs is 1. The van der Waals surface area contributed by atoms with Gasteiger partial charge in [-0.15, -0.1) is 0 Å². The van der Waals surface area contributed by atoms with Crippen LogP contribution < -0.4 is 0 Å². The minimum atomic E-state index is 0.368. The molecule has 3 rings (SSSR count). The number of hydrogen-bond acceptors (Lipinski definition) is 5. The summed E-state index contributed by atoms with van der Waals surface area (Å²) in [6.45, 7) is 0. The fourth-order valence-electron chi connectivity index (χ4n) is 1.36. The van der Waals surface area contributed by atoms with Gasteiger partial charge in [-0.05, 0) is 6.07 Å². The van der Waals surface area contributed by atoms with Crippen molar-refractivity contribution in [3.05, 3.63) is 36.1 Å². The van der Waals surface area contributed by atoms with E-state index in [0.29, 0.717) is 22.1 Å². The van der Waals surface area contributed by atoms with Crippen molar-refractivity contribution < 1.29 is 0 Å². The molecule has 6 nitrogen and oxygen atoms in total. The molecule has 0 fully saturated rings. The summed E-state index contributed by atoms with van der Waals surface area (Å²) in [5.41, 5.74) is 0.589. The van der Waals surface area contributed by atoms with Gasteiger partial charge in [0, 0.05) is 12.4 Å². The average Bonchev–Trinajstić information content (AvgIpc) is 2.75. The third-order valence-electron chi connectivity index (χ3n) is 2.06. The van der Waals surface area contributed by atoms with Crippen LogP contribution in [0, 0.1) is 0 Å². The van der Waals surface area contributed by atoms with Gasteiger partial charge in [-0.2, -0.15) is 9.78 Å². The molecule has 0 N–H and O–H groups in total. The van der Waals surface area contributed by atoms with E-state index in [0.717, 1.165) is 0 Å². The SMILES string of the molecule is Clc1ncnc2c1cnn2-c1ncccn1. The second kappa shape index (κ2) is 3.49. The fraction of sp³-hybridized carbons (Fsp3) is 0. The summed E-state index contributed by atoms with van der Waals surface area (Å²) < 4.78 is 1.52. The van der Waals surface area contributed by atoms with E-state index in [2.05, 4.69) is 25.0 Å². The minimum Gasteiger partial charge on any atom is -0.224 e. The number of rotatable bonds is 1. The van der Waals surface area contributed by atoms with Crippen LogP contribution in [0.1, 0.15) is 0 Å². The van der Waals surface area contributed by atoms with Crippen LogP contribution in [0.2, 0.25) is 5.15 Å². The first kappa shape index (κ1) is 9.17. The molecule has 0 amide bonds. The van der Waals surface area contributed by atoms with Crippen molar-refractivity contribution in [3.63, 3.8) is 0 Å². The molecule has 16 heavy (non-hydrogen) atoms. The molecule has 3 aromatic rings. The van der Waals surface area contributed by atoms with Crippen LogP contribution in [-0.2, 0) is 0 Å². The molecule has 0 spiro atoms. The van der Waals surface area contributed by atoms with Crippen molar-refractivity contribution in [1.82, 2.24) is 29.7 Å². The highest BCUT2D eigenvalue weighted by atomic mass is 35.5. The van der Waals surface area contributed by atoms with Crippen LogP contribution in [0.5, 0.6) is 0 Å². The smallest absolute Gasteiger partial charge is 0.224 e. The Labute approximate surface area is 95.0 Å². The summed E-state index contributed by atoms with van der Waals surface area (Å²) in [6, 6.07) is 1.73. The largest absolute Gasteiger partial charge is 0.252 e. The first-order chi connectivity index (χ1) is 7.86. The zero-order valence-corrected chi connectivity index (χ0v) is 8.70. The standard InChI is InChI=1S/C9H5ClN6/c10-7-6-4-15-16(8(6)14-5-13-7)9-11-2-1-3-12-9/h1-5H. The summed E-state index contributed by atoms with van der Waals surface area (Å²) in [5, 5.41) is 5.18. The highest BCUT2D eigenvalue weighted by molar-refractivity contribution is 6.33. The van der Waals surface area contributed by atoms with Gasteiger partial charge in [0.1, 0.15) is 11.5 Å². The van der Waals surface area contributed by atoms with Crippen molar-refractivity contribution >= 4 is 22.6 Å². The molecule has 0 aromatic carbocycles. The van der Waals surface area contributed by atoms with Gasteiger partial charge in [-0.1, -0.05) is 11.6 Å². The first-order valence-corrected chi connectivity index (χ1v) is 4.85. The maximum Gasteiger partial charge on any atom is 0.252 e. The van der Waals surface area contributed by atoms with Gasteiger partial charge >= 0.3 is 0 Å². The van der Waals surface area contributed by atoms with Crippen molar-refractivity contribution in [2.45, 2.75) is 0 Å². The van der Waals surface area contributed by atoms with Gasteiger partial charge in [0.25, 0.3) is 5.95 Å². The monoisotopic (exact) mass is 232 g/mol.